The maximum Gasteiger partial charge on any atom is 0.333 e. The summed E-state index contributed by atoms with van der Waals surface area (Å²) in [4.78, 5) is 53.7. The number of benzene rings is 1. The Labute approximate surface area is 243 Å². The van der Waals surface area contributed by atoms with Crippen molar-refractivity contribution in [2.24, 2.45) is 0 Å². The third-order valence-electron chi connectivity index (χ3n) is 7.25. The summed E-state index contributed by atoms with van der Waals surface area (Å²) in [7, 11) is 1.56. The average Bonchev–Trinajstić information content (AvgIpc) is 3.27. The summed E-state index contributed by atoms with van der Waals surface area (Å²) in [6.07, 6.45) is 2.69. The van der Waals surface area contributed by atoms with Crippen molar-refractivity contribution in [1.29, 1.82) is 0 Å². The molecule has 0 bridgehead atoms. The zero-order valence-corrected chi connectivity index (χ0v) is 25.7. The van der Waals surface area contributed by atoms with Crippen molar-refractivity contribution in [3.05, 3.63) is 61.1 Å². The number of methoxy groups -OCH3 is 1. The van der Waals surface area contributed by atoms with Crippen molar-refractivity contribution in [3.8, 4) is 5.75 Å². The van der Waals surface area contributed by atoms with E-state index in [-0.39, 0.29) is 23.9 Å². The number of fused-ring (bicyclic) bond motifs is 1. The highest BCUT2D eigenvalue weighted by Gasteiger charge is 2.36. The summed E-state index contributed by atoms with van der Waals surface area (Å²) in [5, 5.41) is 12.9. The maximum atomic E-state index is 14.1. The number of ether oxygens (including phenoxy) is 2. The van der Waals surface area contributed by atoms with E-state index in [1.54, 1.807) is 21.0 Å². The summed E-state index contributed by atoms with van der Waals surface area (Å²) in [6.45, 7) is 10.6. The quantitative estimate of drug-likeness (QED) is 0.276. The van der Waals surface area contributed by atoms with E-state index in [0.717, 1.165) is 47.2 Å². The molecule has 0 aliphatic heterocycles. The van der Waals surface area contributed by atoms with Gasteiger partial charge in [0.2, 0.25) is 0 Å². The van der Waals surface area contributed by atoms with Gasteiger partial charge in [0, 0.05) is 12.1 Å². The van der Waals surface area contributed by atoms with Crippen molar-refractivity contribution >= 4 is 33.4 Å². The molecular weight excluding hydrogens is 546 g/mol. The van der Waals surface area contributed by atoms with Gasteiger partial charge in [-0.2, -0.15) is 0 Å². The first kappa shape index (κ1) is 32.1. The molecule has 0 fully saturated rings. The number of carbonyl (C=O) groups excluding carboxylic acids is 1. The molecule has 0 radical (unpaired) electrons. The van der Waals surface area contributed by atoms with Crippen LogP contribution in [0.1, 0.15) is 87.2 Å². The van der Waals surface area contributed by atoms with Gasteiger partial charge in [0.15, 0.2) is 0 Å². The van der Waals surface area contributed by atoms with Crippen LogP contribution in [0.5, 0.6) is 5.75 Å². The second kappa shape index (κ2) is 13.5. The molecule has 2 heterocycles. The van der Waals surface area contributed by atoms with E-state index in [2.05, 4.69) is 19.2 Å². The number of nitrogens with one attached hydrogen (secondary N) is 1. The number of thiophene rings is 1. The lowest BCUT2D eigenvalue weighted by molar-refractivity contribution is -0.146. The second-order valence-electron chi connectivity index (χ2n) is 10.6. The first-order valence-electron chi connectivity index (χ1n) is 14.0. The molecule has 0 aliphatic carbocycles. The minimum absolute atomic E-state index is 0.0234. The topological polar surface area (TPSA) is 129 Å². The third-order valence-corrected chi connectivity index (χ3v) is 8.56. The highest BCUT2D eigenvalue weighted by molar-refractivity contribution is 7.20. The summed E-state index contributed by atoms with van der Waals surface area (Å²) in [5.74, 6) is -1.11. The fourth-order valence-corrected chi connectivity index (χ4v) is 6.24. The molecule has 1 atom stereocenters. The maximum absolute atomic E-state index is 14.1. The van der Waals surface area contributed by atoms with Crippen molar-refractivity contribution in [2.75, 3.05) is 13.7 Å². The summed E-state index contributed by atoms with van der Waals surface area (Å²) in [5.41, 5.74) is -2.26. The highest BCUT2D eigenvalue weighted by Crippen LogP contribution is 2.34. The van der Waals surface area contributed by atoms with Gasteiger partial charge in [-0.15, -0.1) is 11.3 Å². The van der Waals surface area contributed by atoms with Crippen LogP contribution in [-0.4, -0.2) is 45.9 Å². The number of amides is 1. The van der Waals surface area contributed by atoms with E-state index in [4.69, 9.17) is 9.47 Å². The molecule has 10 nitrogen and oxygen atoms in total. The molecule has 3 rings (SSSR count). The number of nitrogens with zero attached hydrogens (tertiary/aromatic N) is 2. The van der Waals surface area contributed by atoms with Crippen molar-refractivity contribution in [1.82, 2.24) is 14.5 Å². The van der Waals surface area contributed by atoms with Gasteiger partial charge >= 0.3 is 11.7 Å². The lowest BCUT2D eigenvalue weighted by Crippen LogP contribution is -2.52. The van der Waals surface area contributed by atoms with Crippen LogP contribution < -0.4 is 21.3 Å². The Balaban J connectivity index is 2.38. The molecule has 0 spiro atoms. The second-order valence-corrected chi connectivity index (χ2v) is 11.6. The molecule has 41 heavy (non-hydrogen) atoms. The number of rotatable bonds is 14. The van der Waals surface area contributed by atoms with Crippen molar-refractivity contribution in [2.45, 2.75) is 91.5 Å². The molecule has 224 valence electrons. The van der Waals surface area contributed by atoms with Crippen LogP contribution in [0, 0.1) is 6.92 Å². The Morgan fingerprint density at radius 2 is 1.73 bits per heavy atom. The van der Waals surface area contributed by atoms with E-state index in [0.29, 0.717) is 27.6 Å². The van der Waals surface area contributed by atoms with Crippen LogP contribution in [0.2, 0.25) is 0 Å². The van der Waals surface area contributed by atoms with Gasteiger partial charge in [0.25, 0.3) is 11.5 Å². The fraction of sp³-hybridized carbons (Fsp3) is 0.533. The number of aromatic nitrogens is 2. The minimum Gasteiger partial charge on any atom is -0.496 e. The molecule has 0 saturated carbocycles. The Hall–Kier alpha value is -3.44. The number of hydrogen-bond donors (Lipinski definition) is 2. The lowest BCUT2D eigenvalue weighted by Gasteiger charge is -2.28. The predicted octanol–water partition coefficient (Wildman–Crippen LogP) is 4.84. The molecule has 2 aromatic heterocycles. The Bertz CT molecular complexity index is 1510. The number of para-hydroxylation sites is 1. The molecule has 2 N–H and O–H groups in total. The average molecular weight is 588 g/mol. The van der Waals surface area contributed by atoms with E-state index in [1.165, 1.54) is 18.4 Å². The number of hydrogen-bond acceptors (Lipinski definition) is 7. The van der Waals surface area contributed by atoms with Crippen molar-refractivity contribution < 1.29 is 24.2 Å². The zero-order chi connectivity index (χ0) is 30.5. The first-order valence-corrected chi connectivity index (χ1v) is 14.8. The normalized spacial score (nSPS) is 12.6. The van der Waals surface area contributed by atoms with Crippen LogP contribution in [0.4, 0.5) is 0 Å². The molecule has 11 heteroatoms. The van der Waals surface area contributed by atoms with Gasteiger partial charge in [-0.3, -0.25) is 14.2 Å². The Morgan fingerprint density at radius 1 is 1.10 bits per heavy atom. The van der Waals surface area contributed by atoms with Crippen molar-refractivity contribution in [3.63, 3.8) is 0 Å². The van der Waals surface area contributed by atoms with E-state index < -0.39 is 28.9 Å². The summed E-state index contributed by atoms with van der Waals surface area (Å²) in [6, 6.07) is 7.39. The van der Waals surface area contributed by atoms with Gasteiger partial charge in [0.05, 0.1) is 30.0 Å². The van der Waals surface area contributed by atoms with Gasteiger partial charge in [0.1, 0.15) is 22.2 Å². The number of aliphatic carboxylic acids is 1. The van der Waals surface area contributed by atoms with Gasteiger partial charge in [-0.25, -0.2) is 14.2 Å². The third kappa shape index (κ3) is 6.41. The van der Waals surface area contributed by atoms with Gasteiger partial charge in [-0.1, -0.05) is 44.9 Å². The molecule has 1 aromatic carbocycles. The van der Waals surface area contributed by atoms with Gasteiger partial charge in [-0.05, 0) is 52.2 Å². The lowest BCUT2D eigenvalue weighted by atomic mass is 10.0. The first-order chi connectivity index (χ1) is 19.4. The Morgan fingerprint density at radius 3 is 2.29 bits per heavy atom. The number of carboxylic acid groups (broad SMARTS) is 1. The van der Waals surface area contributed by atoms with Crippen LogP contribution in [0.25, 0.3) is 10.2 Å². The van der Waals surface area contributed by atoms with Crippen LogP contribution >= 0.6 is 11.3 Å². The van der Waals surface area contributed by atoms with Crippen LogP contribution in [0.3, 0.4) is 0 Å². The van der Waals surface area contributed by atoms with Crippen LogP contribution in [-0.2, 0) is 21.6 Å². The SMILES string of the molecule is CCCC(CCC)O[C@@H](Cn1c(=O)n(C(C)(C)C(=O)O)c(=O)c2c(C)c(C(=O)NCC)sc21)c1ccccc1OC. The molecule has 0 aliphatic rings. The Kier molecular flexibility index (Phi) is 10.5. The fourth-order valence-electron chi connectivity index (χ4n) is 5.02. The van der Waals surface area contributed by atoms with Gasteiger partial charge < -0.3 is 19.9 Å². The largest absolute Gasteiger partial charge is 0.496 e. The predicted molar refractivity (Wildman–Crippen MR) is 160 cm³/mol. The molecule has 0 unspecified atom stereocenters. The molecule has 0 saturated heterocycles. The number of carbonyl (C=O) groups is 2. The minimum atomic E-state index is -1.85. The zero-order valence-electron chi connectivity index (χ0n) is 24.9. The molecular formula is C30H41N3O7S. The molecule has 1 amide bonds. The summed E-state index contributed by atoms with van der Waals surface area (Å²) < 4.78 is 14.5. The molecule has 3 aromatic rings. The number of aryl methyl sites for hydroxylation is 1. The van der Waals surface area contributed by atoms with Crippen LogP contribution in [0.15, 0.2) is 33.9 Å². The summed E-state index contributed by atoms with van der Waals surface area (Å²) >= 11 is 1.04. The standard InChI is InChI=1S/C30H41N3O7S/c1-8-13-19(14-9-2)40-22(20-15-11-12-16-21(20)39-7)17-32-27-23(18(4)24(41-27)25(34)31-10-3)26(35)33(29(32)38)30(5,6)28(36)37/h11-12,15-16,19,22H,8-10,13-14,17H2,1-7H3,(H,31,34)(H,36,37)/t22-/m0/s1. The van der Waals surface area contributed by atoms with E-state index in [9.17, 15) is 24.3 Å². The highest BCUT2D eigenvalue weighted by atomic mass is 32.1. The van der Waals surface area contributed by atoms with E-state index >= 15 is 0 Å². The van der Waals surface area contributed by atoms with E-state index in [1.807, 2.05) is 24.3 Å². The smallest absolute Gasteiger partial charge is 0.333 e. The monoisotopic (exact) mass is 587 g/mol. The number of carboxylic acids is 1.